The highest BCUT2D eigenvalue weighted by molar-refractivity contribution is 7.92. The Hall–Kier alpha value is -2.48. The molecule has 0 bridgehead atoms. The predicted molar refractivity (Wildman–Crippen MR) is 77.2 cm³/mol. The fourth-order valence-electron chi connectivity index (χ4n) is 1.80. The zero-order valence-electron chi connectivity index (χ0n) is 11.1. The van der Waals surface area contributed by atoms with Gasteiger partial charge in [0.25, 0.3) is 10.0 Å². The molecule has 2 rings (SSSR count). The normalized spacial score (nSPS) is 11.1. The van der Waals surface area contributed by atoms with Crippen molar-refractivity contribution in [3.63, 3.8) is 0 Å². The number of rotatable bonds is 4. The van der Waals surface area contributed by atoms with Crippen LogP contribution in [0.4, 0.5) is 10.1 Å². The minimum absolute atomic E-state index is 0.176. The van der Waals surface area contributed by atoms with Gasteiger partial charge in [-0.05, 0) is 24.3 Å². The molecule has 0 atom stereocenters. The Bertz CT molecular complexity index is 792. The second kappa shape index (κ2) is 5.49. The summed E-state index contributed by atoms with van der Waals surface area (Å²) in [5, 5.41) is 6.81. The molecule has 0 aliphatic carbocycles. The SMILES string of the molecule is CN(c1ccccc1C(=N)N)S(=O)(=O)c1ncccc1F. The summed E-state index contributed by atoms with van der Waals surface area (Å²) in [6.07, 6.45) is 1.20. The Morgan fingerprint density at radius 2 is 1.95 bits per heavy atom. The van der Waals surface area contributed by atoms with E-state index in [1.54, 1.807) is 12.1 Å². The topological polar surface area (TPSA) is 100 Å². The Labute approximate surface area is 121 Å². The van der Waals surface area contributed by atoms with Gasteiger partial charge in [-0.25, -0.2) is 9.37 Å². The van der Waals surface area contributed by atoms with Gasteiger partial charge in [-0.15, -0.1) is 0 Å². The average molecular weight is 308 g/mol. The molecule has 1 heterocycles. The second-order valence-electron chi connectivity index (χ2n) is 4.19. The minimum atomic E-state index is -4.18. The Morgan fingerprint density at radius 1 is 1.29 bits per heavy atom. The molecule has 0 radical (unpaired) electrons. The number of benzene rings is 1. The number of halogens is 1. The van der Waals surface area contributed by atoms with Gasteiger partial charge in [-0.3, -0.25) is 9.71 Å². The summed E-state index contributed by atoms with van der Waals surface area (Å²) in [7, 11) is -2.93. The number of nitrogens with one attached hydrogen (secondary N) is 1. The number of anilines is 1. The number of nitrogen functional groups attached to an aromatic ring is 1. The van der Waals surface area contributed by atoms with Crippen LogP contribution in [0, 0.1) is 11.2 Å². The molecule has 1 aromatic carbocycles. The van der Waals surface area contributed by atoms with Crippen molar-refractivity contribution in [2.24, 2.45) is 5.73 Å². The van der Waals surface area contributed by atoms with Crippen LogP contribution in [0.5, 0.6) is 0 Å². The quantitative estimate of drug-likeness (QED) is 0.657. The largest absolute Gasteiger partial charge is 0.384 e. The van der Waals surface area contributed by atoms with Gasteiger partial charge < -0.3 is 5.73 Å². The number of sulfonamides is 1. The number of nitrogens with zero attached hydrogens (tertiary/aromatic N) is 2. The zero-order valence-corrected chi connectivity index (χ0v) is 11.9. The molecule has 21 heavy (non-hydrogen) atoms. The standard InChI is InChI=1S/C13H13FN4O2S/c1-18(11-7-3-2-5-9(11)12(15)16)21(19,20)13-10(14)6-4-8-17-13/h2-8H,1H3,(H3,15,16). The summed E-state index contributed by atoms with van der Waals surface area (Å²) in [4.78, 5) is 3.58. The summed E-state index contributed by atoms with van der Waals surface area (Å²) in [6, 6.07) is 8.54. The molecule has 0 spiro atoms. The molecule has 2 aromatic rings. The molecule has 0 unspecified atom stereocenters. The van der Waals surface area contributed by atoms with Crippen LogP contribution in [0.15, 0.2) is 47.6 Å². The highest BCUT2D eigenvalue weighted by atomic mass is 32.2. The number of nitrogens with two attached hydrogens (primary N) is 1. The first-order valence-corrected chi connectivity index (χ1v) is 7.32. The number of hydrogen-bond acceptors (Lipinski definition) is 4. The fourth-order valence-corrected chi connectivity index (χ4v) is 2.98. The highest BCUT2D eigenvalue weighted by Crippen LogP contribution is 2.25. The van der Waals surface area contributed by atoms with Crippen molar-refractivity contribution in [3.8, 4) is 0 Å². The van der Waals surface area contributed by atoms with Crippen LogP contribution in [-0.2, 0) is 10.0 Å². The molecule has 6 nitrogen and oxygen atoms in total. The van der Waals surface area contributed by atoms with Crippen LogP contribution in [-0.4, -0.2) is 26.3 Å². The molecule has 1 aromatic heterocycles. The van der Waals surface area contributed by atoms with Crippen molar-refractivity contribution in [2.75, 3.05) is 11.4 Å². The van der Waals surface area contributed by atoms with Crippen molar-refractivity contribution in [3.05, 3.63) is 54.0 Å². The molecule has 8 heteroatoms. The van der Waals surface area contributed by atoms with E-state index in [-0.39, 0.29) is 17.1 Å². The smallest absolute Gasteiger partial charge is 0.284 e. The van der Waals surface area contributed by atoms with E-state index in [0.717, 1.165) is 10.4 Å². The lowest BCUT2D eigenvalue weighted by molar-refractivity contribution is 0.552. The molecule has 110 valence electrons. The van der Waals surface area contributed by atoms with E-state index < -0.39 is 20.9 Å². The minimum Gasteiger partial charge on any atom is -0.384 e. The van der Waals surface area contributed by atoms with Crippen LogP contribution < -0.4 is 10.0 Å². The zero-order chi connectivity index (χ0) is 15.6. The van der Waals surface area contributed by atoms with Gasteiger partial charge in [0.15, 0.2) is 5.82 Å². The molecule has 3 N–H and O–H groups in total. The van der Waals surface area contributed by atoms with Crippen LogP contribution >= 0.6 is 0 Å². The third-order valence-electron chi connectivity index (χ3n) is 2.86. The lowest BCUT2D eigenvalue weighted by Gasteiger charge is -2.21. The van der Waals surface area contributed by atoms with E-state index in [0.29, 0.717) is 0 Å². The lowest BCUT2D eigenvalue weighted by atomic mass is 10.1. The molecule has 0 aliphatic heterocycles. The molecule has 0 saturated carbocycles. The fraction of sp³-hybridized carbons (Fsp3) is 0.0769. The van der Waals surface area contributed by atoms with Gasteiger partial charge >= 0.3 is 0 Å². The lowest BCUT2D eigenvalue weighted by Crippen LogP contribution is -2.30. The van der Waals surface area contributed by atoms with Gasteiger partial charge in [0.2, 0.25) is 5.03 Å². The van der Waals surface area contributed by atoms with Gasteiger partial charge in [-0.1, -0.05) is 12.1 Å². The van der Waals surface area contributed by atoms with E-state index in [4.69, 9.17) is 11.1 Å². The number of hydrogen-bond donors (Lipinski definition) is 2. The van der Waals surface area contributed by atoms with Gasteiger partial charge in [0, 0.05) is 18.8 Å². The van der Waals surface area contributed by atoms with Crippen LogP contribution in [0.2, 0.25) is 0 Å². The Morgan fingerprint density at radius 3 is 2.57 bits per heavy atom. The molecular formula is C13H13FN4O2S. The third-order valence-corrected chi connectivity index (χ3v) is 4.57. The summed E-state index contributed by atoms with van der Waals surface area (Å²) in [6.45, 7) is 0. The summed E-state index contributed by atoms with van der Waals surface area (Å²) < 4.78 is 39.4. The molecule has 0 saturated heterocycles. The monoisotopic (exact) mass is 308 g/mol. The number of para-hydroxylation sites is 1. The van der Waals surface area contributed by atoms with Crippen LogP contribution in [0.1, 0.15) is 5.56 Å². The molecule has 0 aliphatic rings. The number of amidine groups is 1. The molecule has 0 amide bonds. The van der Waals surface area contributed by atoms with E-state index in [1.165, 1.54) is 31.4 Å². The van der Waals surface area contributed by atoms with Crippen LogP contribution in [0.25, 0.3) is 0 Å². The second-order valence-corrected chi connectivity index (χ2v) is 6.08. The predicted octanol–water partition coefficient (Wildman–Crippen LogP) is 1.33. The Kier molecular flexibility index (Phi) is 3.90. The third kappa shape index (κ3) is 2.70. The van der Waals surface area contributed by atoms with Crippen LogP contribution in [0.3, 0.4) is 0 Å². The van der Waals surface area contributed by atoms with E-state index in [1.807, 2.05) is 0 Å². The summed E-state index contributed by atoms with van der Waals surface area (Å²) in [5.74, 6) is -1.22. The molecule has 0 fully saturated rings. The maximum absolute atomic E-state index is 13.7. The van der Waals surface area contributed by atoms with Crippen molar-refractivity contribution in [2.45, 2.75) is 5.03 Å². The van der Waals surface area contributed by atoms with Crippen molar-refractivity contribution < 1.29 is 12.8 Å². The summed E-state index contributed by atoms with van der Waals surface area (Å²) in [5.41, 5.74) is 5.85. The van der Waals surface area contributed by atoms with Gasteiger partial charge in [-0.2, -0.15) is 8.42 Å². The number of aromatic nitrogens is 1. The highest BCUT2D eigenvalue weighted by Gasteiger charge is 2.27. The Balaban J connectivity index is 2.57. The van der Waals surface area contributed by atoms with Crippen molar-refractivity contribution in [1.29, 1.82) is 5.41 Å². The first-order valence-electron chi connectivity index (χ1n) is 5.88. The molecular weight excluding hydrogens is 295 g/mol. The maximum atomic E-state index is 13.7. The number of pyridine rings is 1. The van der Waals surface area contributed by atoms with E-state index in [2.05, 4.69) is 4.98 Å². The first kappa shape index (κ1) is 14.9. The average Bonchev–Trinajstić information content (AvgIpc) is 2.46. The van der Waals surface area contributed by atoms with Gasteiger partial charge in [0.1, 0.15) is 5.84 Å². The van der Waals surface area contributed by atoms with Crippen molar-refractivity contribution in [1.82, 2.24) is 4.98 Å². The van der Waals surface area contributed by atoms with E-state index >= 15 is 0 Å². The summed E-state index contributed by atoms with van der Waals surface area (Å²) >= 11 is 0. The van der Waals surface area contributed by atoms with Crippen molar-refractivity contribution >= 4 is 21.5 Å². The maximum Gasteiger partial charge on any atom is 0.284 e. The van der Waals surface area contributed by atoms with E-state index in [9.17, 15) is 12.8 Å². The van der Waals surface area contributed by atoms with Gasteiger partial charge in [0.05, 0.1) is 5.69 Å². The first-order chi connectivity index (χ1) is 9.85.